The molecule has 1 saturated heterocycles. The predicted octanol–water partition coefficient (Wildman–Crippen LogP) is 0.620. The molecule has 9 heavy (non-hydrogen) atoms. The number of amides is 1. The van der Waals surface area contributed by atoms with E-state index in [1.54, 1.807) is 0 Å². The van der Waals surface area contributed by atoms with Gasteiger partial charge in [0.25, 0.3) is 0 Å². The number of halogens is 1. The Morgan fingerprint density at radius 1 is 1.67 bits per heavy atom. The summed E-state index contributed by atoms with van der Waals surface area (Å²) in [6, 6.07) is 0. The second kappa shape index (κ2) is 2.35. The van der Waals surface area contributed by atoms with Gasteiger partial charge in [-0.1, -0.05) is 0 Å². The van der Waals surface area contributed by atoms with Crippen molar-refractivity contribution in [3.63, 3.8) is 0 Å². The van der Waals surface area contributed by atoms with Crippen LogP contribution in [0.15, 0.2) is 0 Å². The third-order valence-corrected chi connectivity index (χ3v) is 1.52. The van der Waals surface area contributed by atoms with Crippen LogP contribution >= 0.6 is 11.6 Å². The Balaban J connectivity index is 2.48. The first-order valence-electron chi connectivity index (χ1n) is 2.66. The molecule has 0 radical (unpaired) electrons. The number of carbonyl (C=O) groups excluding carboxylic acids is 2. The summed E-state index contributed by atoms with van der Waals surface area (Å²) in [5.74, 6) is 0.0870. The lowest BCUT2D eigenvalue weighted by Crippen LogP contribution is -2.22. The van der Waals surface area contributed by atoms with Crippen LogP contribution in [0.5, 0.6) is 0 Å². The Hall–Kier alpha value is -0.570. The quantitative estimate of drug-likeness (QED) is 0.372. The van der Waals surface area contributed by atoms with E-state index in [1.807, 2.05) is 0 Å². The highest BCUT2D eigenvalue weighted by Gasteiger charge is 2.21. The summed E-state index contributed by atoms with van der Waals surface area (Å²) in [7, 11) is 0. The second-order valence-corrected chi connectivity index (χ2v) is 2.29. The van der Waals surface area contributed by atoms with E-state index in [9.17, 15) is 9.59 Å². The number of Topliss-reactive ketones (excluding diaryl/α,β-unsaturated/α-hetero) is 1. The normalized spacial score (nSPS) is 18.8. The molecule has 1 amide bonds. The zero-order valence-electron chi connectivity index (χ0n) is 4.76. The molecule has 4 heteroatoms. The first kappa shape index (κ1) is 6.55. The van der Waals surface area contributed by atoms with Crippen molar-refractivity contribution in [1.29, 1.82) is 0 Å². The molecule has 0 unspecified atom stereocenters. The highest BCUT2D eigenvalue weighted by Crippen LogP contribution is 2.06. The highest BCUT2D eigenvalue weighted by molar-refractivity contribution is 6.63. The molecular formula is C5H6ClNO2. The molecule has 0 aromatic heterocycles. The molecule has 1 heterocycles. The second-order valence-electron chi connectivity index (χ2n) is 1.96. The zero-order chi connectivity index (χ0) is 6.85. The number of nitrogens with zero attached hydrogens (tertiary/aromatic N) is 1. The standard InChI is InChI=1S/C5H6ClNO2/c6-5(9)7-2-1-4(8)3-7/h1-3H2. The van der Waals surface area contributed by atoms with Gasteiger partial charge in [0.15, 0.2) is 5.78 Å². The van der Waals surface area contributed by atoms with Gasteiger partial charge >= 0.3 is 5.37 Å². The molecule has 0 N–H and O–H groups in total. The third-order valence-electron chi connectivity index (χ3n) is 1.28. The average Bonchev–Trinajstić information content (AvgIpc) is 2.14. The molecule has 0 aliphatic carbocycles. The molecule has 1 rings (SSSR count). The number of likely N-dealkylation sites (tertiary alicyclic amines) is 1. The van der Waals surface area contributed by atoms with Crippen molar-refractivity contribution in [3.8, 4) is 0 Å². The van der Waals surface area contributed by atoms with Crippen molar-refractivity contribution >= 4 is 22.8 Å². The summed E-state index contributed by atoms with van der Waals surface area (Å²) in [4.78, 5) is 22.2. The molecule has 3 nitrogen and oxygen atoms in total. The van der Waals surface area contributed by atoms with E-state index in [0.29, 0.717) is 13.0 Å². The van der Waals surface area contributed by atoms with Gasteiger partial charge in [-0.05, 0) is 11.6 Å². The van der Waals surface area contributed by atoms with E-state index in [-0.39, 0.29) is 12.3 Å². The van der Waals surface area contributed by atoms with Gasteiger partial charge in [-0.25, -0.2) is 0 Å². The van der Waals surface area contributed by atoms with E-state index in [0.717, 1.165) is 0 Å². The van der Waals surface area contributed by atoms with Crippen molar-refractivity contribution < 1.29 is 9.59 Å². The molecule has 50 valence electrons. The fraction of sp³-hybridized carbons (Fsp3) is 0.600. The van der Waals surface area contributed by atoms with Gasteiger partial charge in [0, 0.05) is 13.0 Å². The lowest BCUT2D eigenvalue weighted by molar-refractivity contribution is -0.116. The van der Waals surface area contributed by atoms with Crippen molar-refractivity contribution in [1.82, 2.24) is 4.90 Å². The molecule has 0 spiro atoms. The van der Waals surface area contributed by atoms with Gasteiger partial charge in [-0.15, -0.1) is 0 Å². The highest BCUT2D eigenvalue weighted by atomic mass is 35.5. The van der Waals surface area contributed by atoms with Gasteiger partial charge in [0.05, 0.1) is 6.54 Å². The number of carbonyl (C=O) groups is 2. The van der Waals surface area contributed by atoms with E-state index in [1.165, 1.54) is 4.90 Å². The van der Waals surface area contributed by atoms with Crippen LogP contribution in [0.1, 0.15) is 6.42 Å². The van der Waals surface area contributed by atoms with Gasteiger partial charge < -0.3 is 4.90 Å². The van der Waals surface area contributed by atoms with Crippen LogP contribution in [0, 0.1) is 0 Å². The summed E-state index contributed by atoms with van der Waals surface area (Å²) in [5, 5.41) is -0.527. The molecule has 0 bridgehead atoms. The van der Waals surface area contributed by atoms with Crippen LogP contribution in [0.4, 0.5) is 4.79 Å². The SMILES string of the molecule is O=C1CCN(C(=O)Cl)C1. The van der Waals surface area contributed by atoms with E-state index in [4.69, 9.17) is 11.6 Å². The maximum absolute atomic E-state index is 10.5. The van der Waals surface area contributed by atoms with E-state index >= 15 is 0 Å². The molecule has 0 atom stereocenters. The van der Waals surface area contributed by atoms with Crippen LogP contribution in [0.25, 0.3) is 0 Å². The molecule has 0 saturated carbocycles. The molecule has 0 aromatic carbocycles. The lowest BCUT2D eigenvalue weighted by Gasteiger charge is -2.06. The minimum absolute atomic E-state index is 0.0870. The first-order chi connectivity index (χ1) is 4.20. The first-order valence-corrected chi connectivity index (χ1v) is 3.04. The maximum Gasteiger partial charge on any atom is 0.316 e. The molecule has 1 fully saturated rings. The van der Waals surface area contributed by atoms with Gasteiger partial charge in [-0.3, -0.25) is 9.59 Å². The number of ketones is 1. The summed E-state index contributed by atoms with van der Waals surface area (Å²) in [6.07, 6.45) is 0.457. The van der Waals surface area contributed by atoms with Crippen LogP contribution in [-0.2, 0) is 4.79 Å². The van der Waals surface area contributed by atoms with Gasteiger partial charge in [0.1, 0.15) is 0 Å². The fourth-order valence-electron chi connectivity index (χ4n) is 0.781. The van der Waals surface area contributed by atoms with Crippen molar-refractivity contribution in [2.75, 3.05) is 13.1 Å². The minimum Gasteiger partial charge on any atom is -0.321 e. The number of hydrogen-bond donors (Lipinski definition) is 0. The summed E-state index contributed by atoms with van der Waals surface area (Å²) < 4.78 is 0. The van der Waals surface area contributed by atoms with Crippen LogP contribution < -0.4 is 0 Å². The Morgan fingerprint density at radius 3 is 2.56 bits per heavy atom. The minimum atomic E-state index is -0.527. The average molecular weight is 148 g/mol. The molecular weight excluding hydrogens is 142 g/mol. The van der Waals surface area contributed by atoms with Crippen molar-refractivity contribution in [2.45, 2.75) is 6.42 Å². The van der Waals surface area contributed by atoms with Crippen molar-refractivity contribution in [3.05, 3.63) is 0 Å². The van der Waals surface area contributed by atoms with Crippen LogP contribution in [0.3, 0.4) is 0 Å². The fourth-order valence-corrected chi connectivity index (χ4v) is 0.925. The summed E-state index contributed by atoms with van der Waals surface area (Å²) >= 11 is 5.08. The largest absolute Gasteiger partial charge is 0.321 e. The smallest absolute Gasteiger partial charge is 0.316 e. The lowest BCUT2D eigenvalue weighted by atomic mass is 10.4. The Labute approximate surface area is 57.6 Å². The Morgan fingerprint density at radius 2 is 2.33 bits per heavy atom. The molecule has 1 aliphatic rings. The van der Waals surface area contributed by atoms with Gasteiger partial charge in [-0.2, -0.15) is 0 Å². The van der Waals surface area contributed by atoms with E-state index < -0.39 is 5.37 Å². The van der Waals surface area contributed by atoms with Crippen molar-refractivity contribution in [2.24, 2.45) is 0 Å². The van der Waals surface area contributed by atoms with E-state index in [2.05, 4.69) is 0 Å². The Kier molecular flexibility index (Phi) is 1.71. The number of rotatable bonds is 0. The molecule has 0 aromatic rings. The summed E-state index contributed by atoms with van der Waals surface area (Å²) in [6.45, 7) is 0.684. The summed E-state index contributed by atoms with van der Waals surface area (Å²) in [5.41, 5.74) is 0. The predicted molar refractivity (Wildman–Crippen MR) is 32.4 cm³/mol. The Bertz CT molecular complexity index is 157. The zero-order valence-corrected chi connectivity index (χ0v) is 5.52. The topological polar surface area (TPSA) is 37.4 Å². The van der Waals surface area contributed by atoms with Crippen LogP contribution in [-0.4, -0.2) is 29.1 Å². The molecule has 1 aliphatic heterocycles. The third kappa shape index (κ3) is 1.42. The number of hydrogen-bond acceptors (Lipinski definition) is 2. The maximum atomic E-state index is 10.5. The van der Waals surface area contributed by atoms with Gasteiger partial charge in [0.2, 0.25) is 0 Å². The monoisotopic (exact) mass is 147 g/mol. The van der Waals surface area contributed by atoms with Crippen LogP contribution in [0.2, 0.25) is 0 Å².